The maximum Gasteiger partial charge on any atom is 0.266 e. The number of fused-ring (bicyclic) bond motifs is 1. The number of nitrogens with zero attached hydrogens (tertiary/aromatic N) is 2. The van der Waals surface area contributed by atoms with Gasteiger partial charge in [-0.1, -0.05) is 41.9 Å². The fourth-order valence-electron chi connectivity index (χ4n) is 5.76. The van der Waals surface area contributed by atoms with E-state index in [2.05, 4.69) is 36.5 Å². The molecule has 40 heavy (non-hydrogen) atoms. The lowest BCUT2D eigenvalue weighted by atomic mass is 9.89. The van der Waals surface area contributed by atoms with E-state index in [1.807, 2.05) is 55.3 Å². The van der Waals surface area contributed by atoms with Crippen molar-refractivity contribution in [1.82, 2.24) is 10.2 Å². The molecule has 0 spiro atoms. The van der Waals surface area contributed by atoms with Gasteiger partial charge in [-0.25, -0.2) is 0 Å². The number of aryl methyl sites for hydroxylation is 2. The molecule has 1 aromatic heterocycles. The van der Waals surface area contributed by atoms with Crippen LogP contribution in [0, 0.1) is 25.2 Å². The van der Waals surface area contributed by atoms with Gasteiger partial charge in [0.1, 0.15) is 10.6 Å². The minimum absolute atomic E-state index is 0.0243. The summed E-state index contributed by atoms with van der Waals surface area (Å²) in [4.78, 5) is 17.0. The summed E-state index contributed by atoms with van der Waals surface area (Å²) in [5, 5.41) is 14.1. The molecule has 1 heterocycles. The predicted octanol–water partition coefficient (Wildman–Crippen LogP) is 7.89. The number of nitrogens with one attached hydrogen (secondary N) is 1. The second kappa shape index (κ2) is 12.0. The van der Waals surface area contributed by atoms with E-state index in [0.29, 0.717) is 28.0 Å². The van der Waals surface area contributed by atoms with Crippen LogP contribution in [0.1, 0.15) is 57.6 Å². The summed E-state index contributed by atoms with van der Waals surface area (Å²) in [5.74, 6) is 0.719. The average Bonchev–Trinajstić information content (AvgIpc) is 3.35. The summed E-state index contributed by atoms with van der Waals surface area (Å²) in [5.41, 5.74) is 5.80. The Morgan fingerprint density at radius 2 is 1.73 bits per heavy atom. The Kier molecular flexibility index (Phi) is 8.46. The third-order valence-corrected chi connectivity index (χ3v) is 9.96. The number of amides is 1. The summed E-state index contributed by atoms with van der Waals surface area (Å²) >= 11 is 8.46. The van der Waals surface area contributed by atoms with Crippen LogP contribution in [-0.4, -0.2) is 37.0 Å². The van der Waals surface area contributed by atoms with Crippen LogP contribution >= 0.6 is 22.9 Å². The van der Waals surface area contributed by atoms with Gasteiger partial charge in [0.05, 0.1) is 23.8 Å². The van der Waals surface area contributed by atoms with Crippen LogP contribution in [0.3, 0.4) is 0 Å². The topological polar surface area (TPSA) is 65.4 Å². The lowest BCUT2D eigenvalue weighted by Crippen LogP contribution is -2.44. The monoisotopic (exact) mass is 571 g/mol. The second-order valence-corrected chi connectivity index (χ2v) is 12.0. The van der Waals surface area contributed by atoms with Crippen LogP contribution < -0.4 is 10.1 Å². The predicted molar refractivity (Wildman–Crippen MR) is 164 cm³/mol. The molecule has 1 fully saturated rings. The zero-order chi connectivity index (χ0) is 28.4. The van der Waals surface area contributed by atoms with Crippen LogP contribution in [0.25, 0.3) is 21.2 Å². The van der Waals surface area contributed by atoms with Crippen LogP contribution in [0.5, 0.6) is 5.75 Å². The molecule has 0 radical (unpaired) electrons. The minimum Gasteiger partial charge on any atom is -0.496 e. The van der Waals surface area contributed by atoms with E-state index in [0.717, 1.165) is 69.3 Å². The molecule has 0 atom stereocenters. The molecular formula is C33H34ClN3O2S. The first-order valence-corrected chi connectivity index (χ1v) is 14.9. The van der Waals surface area contributed by atoms with Crippen LogP contribution in [0.15, 0.2) is 54.6 Å². The number of nitriles is 1. The summed E-state index contributed by atoms with van der Waals surface area (Å²) < 4.78 is 6.85. The Labute approximate surface area is 245 Å². The van der Waals surface area contributed by atoms with Gasteiger partial charge in [0.25, 0.3) is 5.91 Å². The Balaban J connectivity index is 1.55. The lowest BCUT2D eigenvalue weighted by Gasteiger charge is -2.37. The highest BCUT2D eigenvalue weighted by Gasteiger charge is 2.32. The quantitative estimate of drug-likeness (QED) is 0.245. The number of methoxy groups -OCH3 is 1. The number of rotatable bonds is 7. The summed E-state index contributed by atoms with van der Waals surface area (Å²) in [6, 6.07) is 20.5. The van der Waals surface area contributed by atoms with E-state index in [4.69, 9.17) is 16.3 Å². The highest BCUT2D eigenvalue weighted by atomic mass is 35.5. The first kappa shape index (κ1) is 28.2. The highest BCUT2D eigenvalue weighted by molar-refractivity contribution is 7.21. The van der Waals surface area contributed by atoms with Crippen molar-refractivity contribution in [2.24, 2.45) is 0 Å². The molecule has 1 amide bonds. The van der Waals surface area contributed by atoms with Crippen molar-refractivity contribution in [3.63, 3.8) is 0 Å². The number of hydrogen-bond acceptors (Lipinski definition) is 5. The van der Waals surface area contributed by atoms with Gasteiger partial charge in [-0.2, -0.15) is 5.26 Å². The van der Waals surface area contributed by atoms with Gasteiger partial charge in [0.15, 0.2) is 0 Å². The molecule has 1 aliphatic rings. The first-order chi connectivity index (χ1) is 19.3. The Morgan fingerprint density at radius 1 is 1.05 bits per heavy atom. The molecule has 1 aliphatic carbocycles. The van der Waals surface area contributed by atoms with E-state index in [9.17, 15) is 10.1 Å². The molecule has 7 heteroatoms. The van der Waals surface area contributed by atoms with Gasteiger partial charge in [0, 0.05) is 34.3 Å². The van der Waals surface area contributed by atoms with Crippen LogP contribution in [0.2, 0.25) is 5.02 Å². The van der Waals surface area contributed by atoms with Crippen molar-refractivity contribution >= 4 is 38.9 Å². The summed E-state index contributed by atoms with van der Waals surface area (Å²) in [7, 11) is 3.67. The van der Waals surface area contributed by atoms with Crippen molar-refractivity contribution in [1.29, 1.82) is 5.26 Å². The third-order valence-electron chi connectivity index (χ3n) is 8.16. The molecule has 0 bridgehead atoms. The Bertz CT molecular complexity index is 1580. The van der Waals surface area contributed by atoms with Crippen molar-refractivity contribution in [3.8, 4) is 22.9 Å². The molecule has 5 rings (SSSR count). The van der Waals surface area contributed by atoms with Gasteiger partial charge in [-0.05, 0) is 93.1 Å². The number of carbonyl (C=O) groups is 1. The molecule has 0 aliphatic heterocycles. The molecule has 1 saturated carbocycles. The smallest absolute Gasteiger partial charge is 0.266 e. The second-order valence-electron chi connectivity index (χ2n) is 10.6. The summed E-state index contributed by atoms with van der Waals surface area (Å²) in [6.45, 7) is 4.54. The number of hydrogen-bond donors (Lipinski definition) is 1. The molecule has 206 valence electrons. The summed E-state index contributed by atoms with van der Waals surface area (Å²) in [6.07, 6.45) is 3.89. The fraction of sp³-hybridized carbons (Fsp3) is 0.333. The zero-order valence-corrected chi connectivity index (χ0v) is 25.0. The van der Waals surface area contributed by atoms with Crippen molar-refractivity contribution in [3.05, 3.63) is 86.8 Å². The van der Waals surface area contributed by atoms with Gasteiger partial charge >= 0.3 is 0 Å². The van der Waals surface area contributed by atoms with E-state index in [-0.39, 0.29) is 11.9 Å². The molecule has 0 unspecified atom stereocenters. The van der Waals surface area contributed by atoms with E-state index in [1.54, 1.807) is 7.11 Å². The molecule has 0 saturated heterocycles. The lowest BCUT2D eigenvalue weighted by molar-refractivity contribution is 0.0604. The SMILES string of the molecule is CN[C@H]1CC[C@@H](N(Cc2cc(-c3ccc(C#N)cc3)ccc2OC)C(=O)c2sc3c(C)ccc(C)c3c2Cl)CC1. The van der Waals surface area contributed by atoms with Crippen molar-refractivity contribution in [2.45, 2.75) is 58.2 Å². The van der Waals surface area contributed by atoms with Crippen molar-refractivity contribution < 1.29 is 9.53 Å². The molecular weight excluding hydrogens is 538 g/mol. The van der Waals surface area contributed by atoms with Gasteiger partial charge in [-0.3, -0.25) is 4.79 Å². The number of carbonyl (C=O) groups excluding carboxylic acids is 1. The van der Waals surface area contributed by atoms with Crippen LogP contribution in [-0.2, 0) is 6.54 Å². The van der Waals surface area contributed by atoms with E-state index in [1.165, 1.54) is 11.3 Å². The zero-order valence-electron chi connectivity index (χ0n) is 23.4. The number of ether oxygens (including phenoxy) is 1. The fourth-order valence-corrected chi connectivity index (χ4v) is 7.45. The number of benzene rings is 3. The van der Waals surface area contributed by atoms with Gasteiger partial charge in [-0.15, -0.1) is 11.3 Å². The maximum atomic E-state index is 14.4. The Hall–Kier alpha value is -3.37. The largest absolute Gasteiger partial charge is 0.496 e. The minimum atomic E-state index is -0.0243. The van der Waals surface area contributed by atoms with E-state index >= 15 is 0 Å². The molecule has 1 N–H and O–H groups in total. The molecule has 4 aromatic rings. The van der Waals surface area contributed by atoms with Crippen molar-refractivity contribution in [2.75, 3.05) is 14.2 Å². The van der Waals surface area contributed by atoms with Gasteiger partial charge < -0.3 is 15.0 Å². The van der Waals surface area contributed by atoms with Crippen LogP contribution in [0.4, 0.5) is 0 Å². The van der Waals surface area contributed by atoms with E-state index < -0.39 is 0 Å². The highest BCUT2D eigenvalue weighted by Crippen LogP contribution is 2.41. The first-order valence-electron chi connectivity index (χ1n) is 13.7. The maximum absolute atomic E-state index is 14.4. The normalized spacial score (nSPS) is 17.0. The number of thiophene rings is 1. The average molecular weight is 572 g/mol. The third kappa shape index (κ3) is 5.47. The van der Waals surface area contributed by atoms with Gasteiger partial charge in [0.2, 0.25) is 0 Å². The molecule has 3 aromatic carbocycles. The Morgan fingerprint density at radius 3 is 2.35 bits per heavy atom. The molecule has 5 nitrogen and oxygen atoms in total. The standard InChI is InChI=1S/C33H34ClN3O2S/c1-20-5-6-21(2)31-29(20)30(34)32(40-31)33(38)37(27-14-12-26(36-3)13-15-27)19-25-17-24(11-16-28(25)39-4)23-9-7-22(18-35)8-10-23/h5-11,16-17,26-27,36H,12-15,19H2,1-4H3/t26-,27+. The number of halogens is 1.